The molecule has 25 heavy (non-hydrogen) atoms. The molecule has 0 unspecified atom stereocenters. The molecule has 6 N–H and O–H groups in total. The predicted octanol–water partition coefficient (Wildman–Crippen LogP) is 0.449. The number of aryl methyl sites for hydroxylation is 1. The zero-order valence-corrected chi connectivity index (χ0v) is 14.1. The number of nitrogens with two attached hydrogens (primary N) is 2. The van der Waals surface area contributed by atoms with Crippen LogP contribution < -0.4 is 26.8 Å². The first-order chi connectivity index (χ1) is 11.7. The lowest BCUT2D eigenvalue weighted by Crippen LogP contribution is -2.55. The number of methoxy groups -OCH3 is 1. The Labute approximate surface area is 143 Å². The van der Waals surface area contributed by atoms with Crippen LogP contribution in [0, 0.1) is 6.92 Å². The molecule has 0 bridgehead atoms. The molecular formula is C16H20N4O5. The Balaban J connectivity index is 2.17. The van der Waals surface area contributed by atoms with Gasteiger partial charge in [0.2, 0.25) is 11.8 Å². The van der Waals surface area contributed by atoms with Gasteiger partial charge in [-0.2, -0.15) is 0 Å². The summed E-state index contributed by atoms with van der Waals surface area (Å²) in [6.07, 6.45) is 0. The summed E-state index contributed by atoms with van der Waals surface area (Å²) in [5, 5.41) is 5.56. The van der Waals surface area contributed by atoms with Gasteiger partial charge < -0.3 is 31.3 Å². The number of furan rings is 1. The molecule has 1 heterocycles. The third kappa shape index (κ3) is 3.82. The van der Waals surface area contributed by atoms with Gasteiger partial charge in [-0.15, -0.1) is 0 Å². The fourth-order valence-corrected chi connectivity index (χ4v) is 2.48. The van der Waals surface area contributed by atoms with Crippen molar-refractivity contribution in [2.24, 2.45) is 11.5 Å². The van der Waals surface area contributed by atoms with Gasteiger partial charge >= 0.3 is 6.03 Å². The van der Waals surface area contributed by atoms with Gasteiger partial charge in [0.15, 0.2) is 6.04 Å². The van der Waals surface area contributed by atoms with Gasteiger partial charge in [-0.1, -0.05) is 0 Å². The fraction of sp³-hybridized carbons (Fsp3) is 0.312. The largest absolute Gasteiger partial charge is 0.497 e. The lowest BCUT2D eigenvalue weighted by atomic mass is 10.1. The van der Waals surface area contributed by atoms with Crippen molar-refractivity contribution in [2.45, 2.75) is 25.9 Å². The van der Waals surface area contributed by atoms with Crippen LogP contribution in [0.4, 0.5) is 4.79 Å². The molecule has 0 aliphatic rings. The molecular weight excluding hydrogens is 328 g/mol. The molecule has 4 amide bonds. The molecule has 134 valence electrons. The number of rotatable bonds is 6. The van der Waals surface area contributed by atoms with Crippen LogP contribution in [-0.2, 0) is 9.59 Å². The summed E-state index contributed by atoms with van der Waals surface area (Å²) in [4.78, 5) is 34.2. The SMILES string of the molecule is COc1ccc2oc([C@@H](C)NC(=O)NC(C(N)=O)C(N)=O)c(C)c2c1. The van der Waals surface area contributed by atoms with Crippen LogP contribution in [0.1, 0.15) is 24.3 Å². The summed E-state index contributed by atoms with van der Waals surface area (Å²) in [7, 11) is 1.57. The van der Waals surface area contributed by atoms with E-state index in [2.05, 4.69) is 10.6 Å². The first kappa shape index (κ1) is 18.1. The maximum absolute atomic E-state index is 12.0. The van der Waals surface area contributed by atoms with E-state index >= 15 is 0 Å². The number of hydrogen-bond acceptors (Lipinski definition) is 5. The molecule has 0 radical (unpaired) electrons. The molecule has 9 nitrogen and oxygen atoms in total. The molecule has 0 saturated carbocycles. The van der Waals surface area contributed by atoms with Crippen LogP contribution in [0.3, 0.4) is 0 Å². The number of nitrogens with one attached hydrogen (secondary N) is 2. The summed E-state index contributed by atoms with van der Waals surface area (Å²) in [5.41, 5.74) is 11.5. The van der Waals surface area contributed by atoms with Gasteiger partial charge in [0.1, 0.15) is 17.1 Å². The molecule has 0 aliphatic heterocycles. The van der Waals surface area contributed by atoms with Crippen molar-refractivity contribution in [3.8, 4) is 5.75 Å². The third-order valence-electron chi connectivity index (χ3n) is 3.77. The highest BCUT2D eigenvalue weighted by Crippen LogP contribution is 2.31. The molecule has 0 aliphatic carbocycles. The number of hydrogen-bond donors (Lipinski definition) is 4. The van der Waals surface area contributed by atoms with Gasteiger partial charge in [0.05, 0.1) is 13.2 Å². The van der Waals surface area contributed by atoms with Crippen molar-refractivity contribution in [3.63, 3.8) is 0 Å². The highest BCUT2D eigenvalue weighted by atomic mass is 16.5. The number of primary amides is 2. The Bertz CT molecular complexity index is 815. The van der Waals surface area contributed by atoms with E-state index in [4.69, 9.17) is 20.6 Å². The van der Waals surface area contributed by atoms with Crippen LogP contribution in [0.5, 0.6) is 5.75 Å². The van der Waals surface area contributed by atoms with Gasteiger partial charge in [-0.25, -0.2) is 4.79 Å². The van der Waals surface area contributed by atoms with Crippen molar-refractivity contribution < 1.29 is 23.5 Å². The topological polar surface area (TPSA) is 150 Å². The fourth-order valence-electron chi connectivity index (χ4n) is 2.48. The van der Waals surface area contributed by atoms with Gasteiger partial charge in [-0.3, -0.25) is 9.59 Å². The van der Waals surface area contributed by atoms with Crippen LogP contribution >= 0.6 is 0 Å². The van der Waals surface area contributed by atoms with Gasteiger partial charge in [0.25, 0.3) is 0 Å². The number of urea groups is 1. The Hall–Kier alpha value is -3.23. The average Bonchev–Trinajstić information content (AvgIpc) is 2.88. The zero-order valence-electron chi connectivity index (χ0n) is 14.1. The summed E-state index contributed by atoms with van der Waals surface area (Å²) < 4.78 is 11.0. The smallest absolute Gasteiger partial charge is 0.316 e. The van der Waals surface area contributed by atoms with Crippen LogP contribution in [0.25, 0.3) is 11.0 Å². The van der Waals surface area contributed by atoms with Crippen molar-refractivity contribution in [1.82, 2.24) is 10.6 Å². The molecule has 0 saturated heterocycles. The number of ether oxygens (including phenoxy) is 1. The Morgan fingerprint density at radius 2 is 1.80 bits per heavy atom. The van der Waals surface area contributed by atoms with E-state index < -0.39 is 29.9 Å². The molecule has 2 aromatic rings. The monoisotopic (exact) mass is 348 g/mol. The Morgan fingerprint density at radius 1 is 1.16 bits per heavy atom. The Kier molecular flexibility index (Phi) is 5.16. The zero-order chi connectivity index (χ0) is 18.7. The third-order valence-corrected chi connectivity index (χ3v) is 3.77. The minimum atomic E-state index is -1.59. The van der Waals surface area contributed by atoms with Crippen molar-refractivity contribution in [2.75, 3.05) is 7.11 Å². The quantitative estimate of drug-likeness (QED) is 0.559. The maximum Gasteiger partial charge on any atom is 0.316 e. The lowest BCUT2D eigenvalue weighted by molar-refractivity contribution is -0.128. The predicted molar refractivity (Wildman–Crippen MR) is 89.8 cm³/mol. The highest BCUT2D eigenvalue weighted by molar-refractivity contribution is 6.05. The summed E-state index contributed by atoms with van der Waals surface area (Å²) in [6, 6.07) is 2.49. The summed E-state index contributed by atoms with van der Waals surface area (Å²) >= 11 is 0. The molecule has 2 rings (SSSR count). The van der Waals surface area contributed by atoms with E-state index in [1.165, 1.54) is 0 Å². The molecule has 1 aromatic carbocycles. The maximum atomic E-state index is 12.0. The lowest BCUT2D eigenvalue weighted by Gasteiger charge is -2.16. The number of benzene rings is 1. The van der Waals surface area contributed by atoms with Gasteiger partial charge in [-0.05, 0) is 32.0 Å². The molecule has 1 atom stereocenters. The molecule has 0 spiro atoms. The van der Waals surface area contributed by atoms with E-state index in [0.29, 0.717) is 17.1 Å². The molecule has 9 heteroatoms. The van der Waals surface area contributed by atoms with Gasteiger partial charge in [0, 0.05) is 10.9 Å². The first-order valence-corrected chi connectivity index (χ1v) is 7.47. The normalized spacial score (nSPS) is 12.0. The van der Waals surface area contributed by atoms with E-state index in [-0.39, 0.29) is 0 Å². The minimum Gasteiger partial charge on any atom is -0.497 e. The standard InChI is InChI=1S/C16H20N4O5/c1-7-10-6-9(24-3)4-5-11(10)25-13(7)8(2)19-16(23)20-12(14(17)21)15(18)22/h4-6,8,12H,1-3H3,(H2,17,21)(H2,18,22)(H2,19,20,23)/t8-/m1/s1. The van der Waals surface area contributed by atoms with E-state index in [9.17, 15) is 14.4 Å². The van der Waals surface area contributed by atoms with E-state index in [1.807, 2.05) is 13.0 Å². The average molecular weight is 348 g/mol. The summed E-state index contributed by atoms with van der Waals surface area (Å²) in [6.45, 7) is 3.55. The van der Waals surface area contributed by atoms with E-state index in [0.717, 1.165) is 10.9 Å². The number of amides is 4. The van der Waals surface area contributed by atoms with Crippen LogP contribution in [-0.4, -0.2) is 31.0 Å². The number of carbonyl (C=O) groups is 3. The number of fused-ring (bicyclic) bond motifs is 1. The second kappa shape index (κ2) is 7.12. The Morgan fingerprint density at radius 3 is 2.36 bits per heavy atom. The second-order valence-electron chi connectivity index (χ2n) is 5.53. The molecule has 0 fully saturated rings. The van der Waals surface area contributed by atoms with Crippen molar-refractivity contribution >= 4 is 28.8 Å². The summed E-state index contributed by atoms with van der Waals surface area (Å²) in [5.74, 6) is -0.857. The highest BCUT2D eigenvalue weighted by Gasteiger charge is 2.25. The van der Waals surface area contributed by atoms with E-state index in [1.54, 1.807) is 26.2 Å². The second-order valence-corrected chi connectivity index (χ2v) is 5.53. The minimum absolute atomic E-state index is 0.528. The van der Waals surface area contributed by atoms with Crippen molar-refractivity contribution in [3.05, 3.63) is 29.5 Å². The van der Waals surface area contributed by atoms with Crippen LogP contribution in [0.15, 0.2) is 22.6 Å². The molecule has 1 aromatic heterocycles. The van der Waals surface area contributed by atoms with Crippen LogP contribution in [0.2, 0.25) is 0 Å². The van der Waals surface area contributed by atoms with Crippen molar-refractivity contribution in [1.29, 1.82) is 0 Å². The number of carbonyl (C=O) groups excluding carboxylic acids is 3. The first-order valence-electron chi connectivity index (χ1n) is 7.47.